The molecule has 0 aliphatic heterocycles. The van der Waals surface area contributed by atoms with Crippen LogP contribution in [0, 0.1) is 12.8 Å². The Morgan fingerprint density at radius 2 is 1.78 bits per heavy atom. The van der Waals surface area contributed by atoms with Crippen molar-refractivity contribution in [3.8, 4) is 0 Å². The smallest absolute Gasteiger partial charge is 0.244 e. The lowest BCUT2D eigenvalue weighted by molar-refractivity contribution is -0.117. The Hall–Kier alpha value is -2.16. The Bertz CT molecular complexity index is 1060. The third-order valence-electron chi connectivity index (χ3n) is 5.13. The van der Waals surface area contributed by atoms with Gasteiger partial charge in [0.2, 0.25) is 15.9 Å². The van der Waals surface area contributed by atoms with Gasteiger partial charge in [-0.2, -0.15) is 9.40 Å². The van der Waals surface area contributed by atoms with Crippen molar-refractivity contribution in [1.29, 1.82) is 0 Å². The standard InChI is InChI=1S/C23H33ClN4O3S/c1-7-27(8-2)32(30,31)20-11-9-19(10-12-20)17(5)25-22(29)14-13-21-18(6)26-28(23(21)24)15-16(3)4/h9-14,16-17H,7-8,15H2,1-6H3,(H,25,29)/b14-13+. The van der Waals surface area contributed by atoms with Crippen LogP contribution in [0.25, 0.3) is 6.08 Å². The number of carbonyl (C=O) groups excluding carboxylic acids is 1. The van der Waals surface area contributed by atoms with E-state index in [1.807, 2.05) is 27.7 Å². The molecule has 0 spiro atoms. The highest BCUT2D eigenvalue weighted by Crippen LogP contribution is 2.23. The first-order valence-electron chi connectivity index (χ1n) is 10.8. The summed E-state index contributed by atoms with van der Waals surface area (Å²) >= 11 is 6.42. The summed E-state index contributed by atoms with van der Waals surface area (Å²) in [5.41, 5.74) is 2.29. The highest BCUT2D eigenvalue weighted by molar-refractivity contribution is 7.89. The maximum Gasteiger partial charge on any atom is 0.244 e. The minimum atomic E-state index is -3.51. The summed E-state index contributed by atoms with van der Waals surface area (Å²) < 4.78 is 28.4. The number of amides is 1. The summed E-state index contributed by atoms with van der Waals surface area (Å²) in [7, 11) is -3.51. The number of benzene rings is 1. The molecule has 1 N–H and O–H groups in total. The highest BCUT2D eigenvalue weighted by Gasteiger charge is 2.21. The molecule has 176 valence electrons. The Balaban J connectivity index is 2.08. The van der Waals surface area contributed by atoms with Crippen LogP contribution in [-0.4, -0.2) is 41.5 Å². The lowest BCUT2D eigenvalue weighted by Gasteiger charge is -2.19. The molecule has 0 bridgehead atoms. The van der Waals surface area contributed by atoms with Crippen LogP contribution < -0.4 is 5.32 Å². The fraction of sp³-hybridized carbons (Fsp3) is 0.478. The van der Waals surface area contributed by atoms with Crippen molar-refractivity contribution in [1.82, 2.24) is 19.4 Å². The maximum atomic E-state index is 12.6. The van der Waals surface area contributed by atoms with E-state index in [2.05, 4.69) is 24.3 Å². The van der Waals surface area contributed by atoms with Gasteiger partial charge in [0.25, 0.3) is 0 Å². The number of hydrogen-bond donors (Lipinski definition) is 1. The monoisotopic (exact) mass is 480 g/mol. The lowest BCUT2D eigenvalue weighted by Crippen LogP contribution is -2.30. The van der Waals surface area contributed by atoms with E-state index in [0.29, 0.717) is 30.7 Å². The van der Waals surface area contributed by atoms with E-state index in [9.17, 15) is 13.2 Å². The Morgan fingerprint density at radius 1 is 1.19 bits per heavy atom. The summed E-state index contributed by atoms with van der Waals surface area (Å²) in [6.45, 7) is 13.0. The average molecular weight is 481 g/mol. The number of carbonyl (C=O) groups is 1. The Labute approximate surface area is 196 Å². The van der Waals surface area contributed by atoms with Crippen LogP contribution in [0.4, 0.5) is 0 Å². The third kappa shape index (κ3) is 6.21. The molecule has 9 heteroatoms. The van der Waals surface area contributed by atoms with Gasteiger partial charge in [-0.3, -0.25) is 9.48 Å². The second-order valence-electron chi connectivity index (χ2n) is 8.09. The largest absolute Gasteiger partial charge is 0.346 e. The minimum absolute atomic E-state index is 0.242. The number of rotatable bonds is 10. The van der Waals surface area contributed by atoms with Gasteiger partial charge in [0.05, 0.1) is 16.6 Å². The van der Waals surface area contributed by atoms with Crippen LogP contribution in [0.1, 0.15) is 57.5 Å². The third-order valence-corrected chi connectivity index (χ3v) is 7.59. The fourth-order valence-corrected chi connectivity index (χ4v) is 5.13. The van der Waals surface area contributed by atoms with Crippen molar-refractivity contribution in [3.05, 3.63) is 52.3 Å². The Morgan fingerprint density at radius 3 is 2.31 bits per heavy atom. The van der Waals surface area contributed by atoms with Crippen LogP contribution in [0.3, 0.4) is 0 Å². The Kier molecular flexibility index (Phi) is 9.07. The molecule has 0 fully saturated rings. The molecular formula is C23H33ClN4O3S. The van der Waals surface area contributed by atoms with Gasteiger partial charge in [0, 0.05) is 31.3 Å². The molecule has 1 unspecified atom stereocenters. The summed E-state index contributed by atoms with van der Waals surface area (Å²) in [6, 6.07) is 6.31. The van der Waals surface area contributed by atoms with Crippen molar-refractivity contribution in [2.75, 3.05) is 13.1 Å². The molecule has 1 amide bonds. The zero-order chi connectivity index (χ0) is 24.1. The van der Waals surface area contributed by atoms with Gasteiger partial charge < -0.3 is 5.32 Å². The number of sulfonamides is 1. The van der Waals surface area contributed by atoms with E-state index in [0.717, 1.165) is 16.8 Å². The van der Waals surface area contributed by atoms with Crippen molar-refractivity contribution in [2.24, 2.45) is 5.92 Å². The molecule has 2 aromatic rings. The number of halogens is 1. The van der Waals surface area contributed by atoms with Crippen molar-refractivity contribution in [3.63, 3.8) is 0 Å². The first-order chi connectivity index (χ1) is 15.0. The van der Waals surface area contributed by atoms with Crippen molar-refractivity contribution in [2.45, 2.75) is 59.0 Å². The van der Waals surface area contributed by atoms with Crippen LogP contribution in [0.5, 0.6) is 0 Å². The number of aromatic nitrogens is 2. The zero-order valence-corrected chi connectivity index (χ0v) is 21.2. The second kappa shape index (κ2) is 11.1. The van der Waals surface area contributed by atoms with Crippen LogP contribution in [-0.2, 0) is 21.4 Å². The molecule has 1 atom stereocenters. The average Bonchev–Trinajstić information content (AvgIpc) is 2.99. The summed E-state index contributed by atoms with van der Waals surface area (Å²) in [4.78, 5) is 12.7. The first kappa shape index (κ1) is 26.1. The molecule has 1 aromatic heterocycles. The van der Waals surface area contributed by atoms with Crippen LogP contribution in [0.15, 0.2) is 35.2 Å². The summed E-state index contributed by atoms with van der Waals surface area (Å²) in [5.74, 6) is 0.130. The van der Waals surface area contributed by atoms with Crippen molar-refractivity contribution < 1.29 is 13.2 Å². The van der Waals surface area contributed by atoms with Gasteiger partial charge in [-0.1, -0.05) is 51.4 Å². The molecular weight excluding hydrogens is 448 g/mol. The number of hydrogen-bond acceptors (Lipinski definition) is 4. The number of nitrogens with one attached hydrogen (secondary N) is 1. The summed E-state index contributed by atoms with van der Waals surface area (Å²) in [6.07, 6.45) is 3.11. The highest BCUT2D eigenvalue weighted by atomic mass is 35.5. The molecule has 0 aliphatic carbocycles. The lowest BCUT2D eigenvalue weighted by atomic mass is 10.1. The zero-order valence-electron chi connectivity index (χ0n) is 19.6. The van der Waals surface area contributed by atoms with Gasteiger partial charge in [-0.25, -0.2) is 8.42 Å². The molecule has 0 radical (unpaired) electrons. The van der Waals surface area contributed by atoms with Gasteiger partial charge in [-0.05, 0) is 43.5 Å². The topological polar surface area (TPSA) is 84.3 Å². The summed E-state index contributed by atoms with van der Waals surface area (Å²) in [5, 5.41) is 7.84. The molecule has 1 aromatic carbocycles. The number of aryl methyl sites for hydroxylation is 1. The number of nitrogens with zero attached hydrogens (tertiary/aromatic N) is 3. The van der Waals surface area contributed by atoms with E-state index in [1.54, 1.807) is 35.0 Å². The molecule has 0 saturated carbocycles. The van der Waals surface area contributed by atoms with Crippen molar-refractivity contribution >= 4 is 33.6 Å². The molecule has 1 heterocycles. The van der Waals surface area contributed by atoms with Gasteiger partial charge in [0.15, 0.2) is 0 Å². The molecule has 0 aliphatic rings. The first-order valence-corrected chi connectivity index (χ1v) is 12.6. The normalized spacial score (nSPS) is 13.3. The predicted molar refractivity (Wildman–Crippen MR) is 129 cm³/mol. The SMILES string of the molecule is CCN(CC)S(=O)(=O)c1ccc(C(C)NC(=O)/C=C/c2c(C)nn(CC(C)C)c2Cl)cc1. The van der Waals surface area contributed by atoms with E-state index >= 15 is 0 Å². The van der Waals surface area contributed by atoms with Gasteiger partial charge in [0.1, 0.15) is 5.15 Å². The van der Waals surface area contributed by atoms with Crippen LogP contribution >= 0.6 is 11.6 Å². The van der Waals surface area contributed by atoms with Gasteiger partial charge in [-0.15, -0.1) is 0 Å². The minimum Gasteiger partial charge on any atom is -0.346 e. The molecule has 0 saturated heterocycles. The van der Waals surface area contributed by atoms with E-state index in [4.69, 9.17) is 11.6 Å². The van der Waals surface area contributed by atoms with E-state index < -0.39 is 10.0 Å². The molecule has 7 nitrogen and oxygen atoms in total. The van der Waals surface area contributed by atoms with Crippen LogP contribution in [0.2, 0.25) is 5.15 Å². The fourth-order valence-electron chi connectivity index (χ4n) is 3.37. The van der Waals surface area contributed by atoms with Gasteiger partial charge >= 0.3 is 0 Å². The molecule has 2 rings (SSSR count). The van der Waals surface area contributed by atoms with E-state index in [1.165, 1.54) is 10.4 Å². The quantitative estimate of drug-likeness (QED) is 0.510. The second-order valence-corrected chi connectivity index (χ2v) is 10.4. The molecule has 32 heavy (non-hydrogen) atoms. The predicted octanol–water partition coefficient (Wildman–Crippen LogP) is 4.42. The van der Waals surface area contributed by atoms with E-state index in [-0.39, 0.29) is 16.8 Å². The maximum absolute atomic E-state index is 12.6.